The van der Waals surface area contributed by atoms with Crippen molar-refractivity contribution in [2.24, 2.45) is 0 Å². The molecule has 0 radical (unpaired) electrons. The van der Waals surface area contributed by atoms with E-state index in [2.05, 4.69) is 74.7 Å². The zero-order valence-corrected chi connectivity index (χ0v) is 50.9. The second kappa shape index (κ2) is 55.0. The lowest BCUT2D eigenvalue weighted by molar-refractivity contribution is -0.870. The minimum Gasteiger partial charge on any atom is -0.756 e. The van der Waals surface area contributed by atoms with Crippen LogP contribution in [-0.4, -0.2) is 69.4 Å². The number of amides is 1. The van der Waals surface area contributed by atoms with Crippen molar-refractivity contribution >= 4 is 19.7 Å². The number of unbranched alkanes of at least 4 members (excludes halogenated alkanes) is 33. The normalized spacial score (nSPS) is 14.1. The summed E-state index contributed by atoms with van der Waals surface area (Å²) in [7, 11) is 1.17. The van der Waals surface area contributed by atoms with Crippen molar-refractivity contribution < 1.29 is 37.3 Å². The number of nitrogens with zero attached hydrogens (tertiary/aromatic N) is 1. The summed E-state index contributed by atoms with van der Waals surface area (Å²) in [6.45, 7) is 6.81. The predicted molar refractivity (Wildman–Crippen MR) is 321 cm³/mol. The van der Waals surface area contributed by atoms with E-state index >= 15 is 0 Å². The highest BCUT2D eigenvalue weighted by Crippen LogP contribution is 2.38. The Balaban J connectivity index is 5.33. The third-order valence-electron chi connectivity index (χ3n) is 14.0. The molecule has 0 heterocycles. The largest absolute Gasteiger partial charge is 0.756 e. The molecule has 75 heavy (non-hydrogen) atoms. The van der Waals surface area contributed by atoms with Crippen molar-refractivity contribution in [2.75, 3.05) is 40.9 Å². The van der Waals surface area contributed by atoms with Crippen molar-refractivity contribution in [2.45, 2.75) is 303 Å². The smallest absolute Gasteiger partial charge is 0.306 e. The number of rotatable bonds is 57. The molecule has 0 fully saturated rings. The van der Waals surface area contributed by atoms with E-state index in [4.69, 9.17) is 13.8 Å². The number of hydrogen-bond donors (Lipinski definition) is 1. The molecule has 0 aliphatic heterocycles. The Hall–Kier alpha value is -2.29. The van der Waals surface area contributed by atoms with Crippen molar-refractivity contribution in [3.05, 3.63) is 60.8 Å². The Morgan fingerprint density at radius 1 is 0.467 bits per heavy atom. The first-order valence-electron chi connectivity index (χ1n) is 31.6. The van der Waals surface area contributed by atoms with E-state index in [1.54, 1.807) is 0 Å². The van der Waals surface area contributed by atoms with Crippen LogP contribution in [0.2, 0.25) is 0 Å². The van der Waals surface area contributed by atoms with Crippen LogP contribution in [0, 0.1) is 0 Å². The number of quaternary nitrogens is 1. The molecule has 438 valence electrons. The minimum atomic E-state index is -4.71. The Bertz CT molecular complexity index is 1470. The molecule has 0 rings (SSSR count). The van der Waals surface area contributed by atoms with E-state index in [0.29, 0.717) is 17.4 Å². The van der Waals surface area contributed by atoms with Crippen molar-refractivity contribution in [1.29, 1.82) is 0 Å². The highest BCUT2D eigenvalue weighted by molar-refractivity contribution is 7.45. The molecule has 0 aromatic carbocycles. The highest BCUT2D eigenvalue weighted by atomic mass is 31.2. The van der Waals surface area contributed by atoms with Gasteiger partial charge in [0.1, 0.15) is 19.3 Å². The summed E-state index contributed by atoms with van der Waals surface area (Å²) in [6, 6.07) is -0.904. The van der Waals surface area contributed by atoms with Gasteiger partial charge in [0.15, 0.2) is 0 Å². The molecule has 0 aliphatic carbocycles. The summed E-state index contributed by atoms with van der Waals surface area (Å²) in [5.41, 5.74) is 0. The molecule has 1 N–H and O–H groups in total. The van der Waals surface area contributed by atoms with Crippen molar-refractivity contribution in [3.63, 3.8) is 0 Å². The quantitative estimate of drug-likeness (QED) is 0.0212. The van der Waals surface area contributed by atoms with Gasteiger partial charge < -0.3 is 28.5 Å². The average molecular weight is 1070 g/mol. The van der Waals surface area contributed by atoms with Gasteiger partial charge in [-0.3, -0.25) is 14.2 Å². The van der Waals surface area contributed by atoms with E-state index in [1.807, 2.05) is 33.3 Å². The van der Waals surface area contributed by atoms with Crippen LogP contribution in [0.3, 0.4) is 0 Å². The number of esters is 1. The summed E-state index contributed by atoms with van der Waals surface area (Å²) in [5.74, 6) is -0.568. The van der Waals surface area contributed by atoms with E-state index in [0.717, 1.165) is 77.0 Å². The third kappa shape index (κ3) is 56.2. The summed E-state index contributed by atoms with van der Waals surface area (Å²) < 4.78 is 30.3. The molecule has 3 unspecified atom stereocenters. The second-order valence-electron chi connectivity index (χ2n) is 22.6. The lowest BCUT2D eigenvalue weighted by Gasteiger charge is -2.30. The molecular weight excluding hydrogens is 952 g/mol. The molecule has 0 aromatic rings. The average Bonchev–Trinajstić information content (AvgIpc) is 3.37. The number of carbonyl (C=O) groups excluding carboxylic acids is 2. The first-order valence-corrected chi connectivity index (χ1v) is 33.1. The molecule has 10 heteroatoms. The summed E-state index contributed by atoms with van der Waals surface area (Å²) in [5, 5.41) is 3.02. The number of hydrogen-bond acceptors (Lipinski definition) is 7. The molecular formula is C65H121N2O7P. The van der Waals surface area contributed by atoms with Gasteiger partial charge in [0.05, 0.1) is 33.8 Å². The van der Waals surface area contributed by atoms with Crippen LogP contribution in [-0.2, 0) is 27.9 Å². The fraction of sp³-hybridized carbons (Fsp3) is 0.815. The molecule has 9 nitrogen and oxygen atoms in total. The Kier molecular flexibility index (Phi) is 53.4. The number of likely N-dealkylation sites (N-methyl/N-ethyl adjacent to an activating group) is 1. The number of carbonyl (C=O) groups is 2. The van der Waals surface area contributed by atoms with Gasteiger partial charge in [0.25, 0.3) is 7.82 Å². The maximum atomic E-state index is 13.5. The second-order valence-corrected chi connectivity index (χ2v) is 24.0. The van der Waals surface area contributed by atoms with Crippen molar-refractivity contribution in [3.8, 4) is 0 Å². The SMILES string of the molecule is CCCCC/C=C\C/C=C\C/C=C\C/C=C\CCCCCC(=O)NC(COP(=O)([O-])OCC[N+](C)(C)C)C(/C=C/CCCCCCCCCCCCC)OC(=O)CCCCCCCCCCCCCCCCCCC. The number of phosphoric ester groups is 1. The van der Waals surface area contributed by atoms with Gasteiger partial charge in [-0.2, -0.15) is 0 Å². The summed E-state index contributed by atoms with van der Waals surface area (Å²) >= 11 is 0. The maximum Gasteiger partial charge on any atom is 0.306 e. The molecule has 3 atom stereocenters. The fourth-order valence-electron chi connectivity index (χ4n) is 9.04. The first-order chi connectivity index (χ1) is 36.4. The van der Waals surface area contributed by atoms with E-state index in [1.165, 1.54) is 173 Å². The van der Waals surface area contributed by atoms with E-state index in [9.17, 15) is 19.0 Å². The zero-order chi connectivity index (χ0) is 55.0. The van der Waals surface area contributed by atoms with Gasteiger partial charge in [-0.25, -0.2) is 0 Å². The lowest BCUT2D eigenvalue weighted by atomic mass is 10.0. The zero-order valence-electron chi connectivity index (χ0n) is 50.0. The monoisotopic (exact) mass is 1070 g/mol. The Labute approximate surface area is 464 Å². The lowest BCUT2D eigenvalue weighted by Crippen LogP contribution is -2.47. The molecule has 0 aromatic heterocycles. The molecule has 0 saturated carbocycles. The fourth-order valence-corrected chi connectivity index (χ4v) is 9.76. The van der Waals surface area contributed by atoms with Crippen LogP contribution in [0.25, 0.3) is 0 Å². The molecule has 0 bridgehead atoms. The van der Waals surface area contributed by atoms with Gasteiger partial charge in [-0.1, -0.05) is 262 Å². The predicted octanol–water partition coefficient (Wildman–Crippen LogP) is 18.8. The van der Waals surface area contributed by atoms with Crippen LogP contribution in [0.15, 0.2) is 60.8 Å². The van der Waals surface area contributed by atoms with Crippen molar-refractivity contribution in [1.82, 2.24) is 5.32 Å². The minimum absolute atomic E-state index is 0.0288. The topological polar surface area (TPSA) is 114 Å². The molecule has 1 amide bonds. The standard InChI is InChI=1S/C65H121N2O7P/c1-7-10-13-16-19-22-25-28-30-32-33-35-36-39-42-45-48-51-54-57-64(68)66-62(61-73-75(70,71)72-60-59-67(4,5)6)63(56-53-50-47-44-41-38-27-24-21-18-15-12-9-3)74-65(69)58-55-52-49-46-43-40-37-34-31-29-26-23-20-17-14-11-8-2/h19,22,28,30,33,35,39,42,53,56,62-63H,7-18,20-21,23-27,29,31-32,34,36-38,40-41,43-52,54-55,57-61H2,1-6H3,(H-,66,68,70,71)/b22-19-,30-28-,35-33-,42-39-,56-53+. The van der Waals surface area contributed by atoms with Gasteiger partial charge >= 0.3 is 5.97 Å². The van der Waals surface area contributed by atoms with Crippen LogP contribution in [0.1, 0.15) is 290 Å². The van der Waals surface area contributed by atoms with Gasteiger partial charge in [0, 0.05) is 12.8 Å². The first kappa shape index (κ1) is 72.7. The van der Waals surface area contributed by atoms with Gasteiger partial charge in [0.2, 0.25) is 5.91 Å². The Morgan fingerprint density at radius 3 is 1.25 bits per heavy atom. The van der Waals surface area contributed by atoms with Gasteiger partial charge in [-0.05, 0) is 76.7 Å². The van der Waals surface area contributed by atoms with E-state index < -0.39 is 26.6 Å². The molecule has 0 saturated heterocycles. The van der Waals surface area contributed by atoms with Crippen LogP contribution in [0.4, 0.5) is 0 Å². The molecule has 0 spiro atoms. The number of allylic oxidation sites excluding steroid dienone is 9. The van der Waals surface area contributed by atoms with E-state index in [-0.39, 0.29) is 31.3 Å². The number of nitrogens with one attached hydrogen (secondary N) is 1. The van der Waals surface area contributed by atoms with Crippen LogP contribution < -0.4 is 10.2 Å². The maximum absolute atomic E-state index is 13.5. The summed E-state index contributed by atoms with van der Waals surface area (Å²) in [6.07, 6.45) is 69.0. The highest BCUT2D eigenvalue weighted by Gasteiger charge is 2.27. The molecule has 0 aliphatic rings. The van der Waals surface area contributed by atoms with Gasteiger partial charge in [-0.15, -0.1) is 0 Å². The third-order valence-corrected chi connectivity index (χ3v) is 14.9. The van der Waals surface area contributed by atoms with Crippen LogP contribution in [0.5, 0.6) is 0 Å². The number of phosphoric acid groups is 1. The summed E-state index contributed by atoms with van der Waals surface area (Å²) in [4.78, 5) is 40.0. The Morgan fingerprint density at radius 2 is 0.813 bits per heavy atom. The number of ether oxygens (including phenoxy) is 1. The van der Waals surface area contributed by atoms with Crippen LogP contribution >= 0.6 is 7.82 Å².